The third-order valence-corrected chi connectivity index (χ3v) is 3.01. The molecule has 0 fully saturated rings. The van der Waals surface area contributed by atoms with Gasteiger partial charge < -0.3 is 10.4 Å². The van der Waals surface area contributed by atoms with Crippen LogP contribution in [0.1, 0.15) is 12.5 Å². The number of aromatic nitrogens is 1. The molecule has 0 aliphatic carbocycles. The van der Waals surface area contributed by atoms with E-state index in [0.29, 0.717) is 10.8 Å². The standard InChI is InChI=1S/C12H14N4OS/c1-3-13-9-7-11(17)10(6-8(9)2)15-16-12-14-4-5-18-12/h4-7,13,17H,3H2,1-2H3. The van der Waals surface area contributed by atoms with E-state index in [1.54, 1.807) is 18.3 Å². The smallest absolute Gasteiger partial charge is 0.229 e. The van der Waals surface area contributed by atoms with Crippen LogP contribution in [0.2, 0.25) is 0 Å². The lowest BCUT2D eigenvalue weighted by Gasteiger charge is -2.08. The molecule has 6 heteroatoms. The number of hydrogen-bond donors (Lipinski definition) is 2. The first kappa shape index (κ1) is 12.5. The fourth-order valence-electron chi connectivity index (χ4n) is 1.50. The summed E-state index contributed by atoms with van der Waals surface area (Å²) in [6.45, 7) is 4.77. The predicted octanol–water partition coefficient (Wildman–Crippen LogP) is 4.00. The molecule has 0 bridgehead atoms. The molecule has 94 valence electrons. The minimum atomic E-state index is 0.108. The molecule has 0 radical (unpaired) electrons. The number of rotatable bonds is 4. The fourth-order valence-corrected chi connectivity index (χ4v) is 1.96. The van der Waals surface area contributed by atoms with Gasteiger partial charge in [0, 0.05) is 29.9 Å². The van der Waals surface area contributed by atoms with Crippen molar-refractivity contribution < 1.29 is 5.11 Å². The van der Waals surface area contributed by atoms with E-state index in [4.69, 9.17) is 0 Å². The zero-order valence-corrected chi connectivity index (χ0v) is 11.0. The summed E-state index contributed by atoms with van der Waals surface area (Å²) in [4.78, 5) is 3.99. The number of anilines is 1. The number of thiazole rings is 1. The lowest BCUT2D eigenvalue weighted by Crippen LogP contribution is -1.98. The second kappa shape index (κ2) is 5.59. The average Bonchev–Trinajstić information content (AvgIpc) is 2.85. The summed E-state index contributed by atoms with van der Waals surface area (Å²) in [5.41, 5.74) is 2.37. The molecule has 5 nitrogen and oxygen atoms in total. The van der Waals surface area contributed by atoms with Crippen molar-refractivity contribution in [2.75, 3.05) is 11.9 Å². The number of aromatic hydroxyl groups is 1. The Morgan fingerprint density at radius 3 is 2.89 bits per heavy atom. The van der Waals surface area contributed by atoms with Crippen LogP contribution in [0, 0.1) is 6.92 Å². The molecule has 0 amide bonds. The maximum Gasteiger partial charge on any atom is 0.229 e. The van der Waals surface area contributed by atoms with Crippen molar-refractivity contribution in [3.8, 4) is 5.75 Å². The molecule has 0 saturated carbocycles. The number of phenolic OH excluding ortho intramolecular Hbond substituents is 1. The van der Waals surface area contributed by atoms with Crippen molar-refractivity contribution in [2.24, 2.45) is 10.2 Å². The number of azo groups is 1. The minimum Gasteiger partial charge on any atom is -0.506 e. The van der Waals surface area contributed by atoms with Crippen LogP contribution in [0.4, 0.5) is 16.5 Å². The van der Waals surface area contributed by atoms with Crippen molar-refractivity contribution >= 4 is 27.8 Å². The Kier molecular flexibility index (Phi) is 3.88. The molecule has 0 unspecified atom stereocenters. The van der Waals surface area contributed by atoms with E-state index in [0.717, 1.165) is 17.8 Å². The van der Waals surface area contributed by atoms with Crippen LogP contribution in [-0.4, -0.2) is 16.6 Å². The average molecular weight is 262 g/mol. The number of benzene rings is 1. The predicted molar refractivity (Wildman–Crippen MR) is 73.3 cm³/mol. The first-order valence-electron chi connectivity index (χ1n) is 5.59. The van der Waals surface area contributed by atoms with E-state index in [1.807, 2.05) is 19.2 Å². The molecular weight excluding hydrogens is 248 g/mol. The molecule has 2 rings (SSSR count). The highest BCUT2D eigenvalue weighted by molar-refractivity contribution is 7.13. The first-order chi connectivity index (χ1) is 8.70. The summed E-state index contributed by atoms with van der Waals surface area (Å²) < 4.78 is 0. The zero-order valence-electron chi connectivity index (χ0n) is 10.2. The zero-order chi connectivity index (χ0) is 13.0. The van der Waals surface area contributed by atoms with E-state index in [9.17, 15) is 5.11 Å². The molecule has 0 atom stereocenters. The summed E-state index contributed by atoms with van der Waals surface area (Å²) in [6.07, 6.45) is 1.67. The molecule has 2 N–H and O–H groups in total. The van der Waals surface area contributed by atoms with Crippen LogP contribution in [0.5, 0.6) is 5.75 Å². The van der Waals surface area contributed by atoms with Gasteiger partial charge in [0.15, 0.2) is 0 Å². The Balaban J connectivity index is 2.26. The Morgan fingerprint density at radius 1 is 1.39 bits per heavy atom. The third-order valence-electron chi connectivity index (χ3n) is 2.35. The van der Waals surface area contributed by atoms with Crippen molar-refractivity contribution in [3.05, 3.63) is 29.3 Å². The molecule has 18 heavy (non-hydrogen) atoms. The van der Waals surface area contributed by atoms with Crippen LogP contribution in [0.25, 0.3) is 0 Å². The Labute approximate surface area is 109 Å². The monoisotopic (exact) mass is 262 g/mol. The second-order valence-electron chi connectivity index (χ2n) is 3.70. The lowest BCUT2D eigenvalue weighted by molar-refractivity contribution is 0.476. The van der Waals surface area contributed by atoms with Gasteiger partial charge in [-0.2, -0.15) is 0 Å². The fraction of sp³-hybridized carbons (Fsp3) is 0.250. The van der Waals surface area contributed by atoms with Crippen LogP contribution < -0.4 is 5.32 Å². The van der Waals surface area contributed by atoms with Crippen molar-refractivity contribution in [2.45, 2.75) is 13.8 Å². The number of nitrogens with zero attached hydrogens (tertiary/aromatic N) is 3. The highest BCUT2D eigenvalue weighted by atomic mass is 32.1. The summed E-state index contributed by atoms with van der Waals surface area (Å²) in [7, 11) is 0. The maximum absolute atomic E-state index is 9.86. The summed E-state index contributed by atoms with van der Waals surface area (Å²) in [6, 6.07) is 3.46. The number of aryl methyl sites for hydroxylation is 1. The van der Waals surface area contributed by atoms with E-state index < -0.39 is 0 Å². The van der Waals surface area contributed by atoms with E-state index >= 15 is 0 Å². The van der Waals surface area contributed by atoms with Gasteiger partial charge in [-0.05, 0) is 25.5 Å². The van der Waals surface area contributed by atoms with Gasteiger partial charge in [-0.15, -0.1) is 21.6 Å². The van der Waals surface area contributed by atoms with Gasteiger partial charge in [-0.3, -0.25) is 0 Å². The summed E-state index contributed by atoms with van der Waals surface area (Å²) in [5, 5.41) is 23.4. The van der Waals surface area contributed by atoms with E-state index in [1.165, 1.54) is 11.3 Å². The van der Waals surface area contributed by atoms with Crippen molar-refractivity contribution in [1.82, 2.24) is 4.98 Å². The summed E-state index contributed by atoms with van der Waals surface area (Å²) in [5.74, 6) is 0.108. The number of nitrogens with one attached hydrogen (secondary N) is 1. The Bertz CT molecular complexity index is 551. The molecule has 0 spiro atoms. The quantitative estimate of drug-likeness (QED) is 0.818. The maximum atomic E-state index is 9.86. The summed E-state index contributed by atoms with van der Waals surface area (Å²) >= 11 is 1.40. The van der Waals surface area contributed by atoms with Crippen LogP contribution in [0.3, 0.4) is 0 Å². The minimum absolute atomic E-state index is 0.108. The normalized spacial score (nSPS) is 11.0. The van der Waals surface area contributed by atoms with Gasteiger partial charge in [0.05, 0.1) is 0 Å². The third kappa shape index (κ3) is 2.84. The number of hydrogen-bond acceptors (Lipinski definition) is 6. The molecular formula is C12H14N4OS. The molecule has 0 aliphatic heterocycles. The van der Waals surface area contributed by atoms with Gasteiger partial charge in [-0.25, -0.2) is 4.98 Å². The topological polar surface area (TPSA) is 69.9 Å². The number of phenols is 1. The van der Waals surface area contributed by atoms with Crippen molar-refractivity contribution in [1.29, 1.82) is 0 Å². The second-order valence-corrected chi connectivity index (χ2v) is 4.57. The van der Waals surface area contributed by atoms with Gasteiger partial charge >= 0.3 is 0 Å². The Hall–Kier alpha value is -1.95. The van der Waals surface area contributed by atoms with Crippen molar-refractivity contribution in [3.63, 3.8) is 0 Å². The van der Waals surface area contributed by atoms with Crippen LogP contribution in [0.15, 0.2) is 33.9 Å². The van der Waals surface area contributed by atoms with E-state index in [2.05, 4.69) is 20.5 Å². The van der Waals surface area contributed by atoms with Gasteiger partial charge in [0.1, 0.15) is 11.4 Å². The largest absolute Gasteiger partial charge is 0.506 e. The SMILES string of the molecule is CCNc1cc(O)c(N=Nc2nccs2)cc1C. The molecule has 0 aliphatic rings. The van der Waals surface area contributed by atoms with E-state index in [-0.39, 0.29) is 5.75 Å². The molecule has 1 aromatic heterocycles. The first-order valence-corrected chi connectivity index (χ1v) is 6.47. The Morgan fingerprint density at radius 2 is 2.22 bits per heavy atom. The molecule has 0 saturated heterocycles. The molecule has 1 heterocycles. The van der Waals surface area contributed by atoms with Crippen LogP contribution >= 0.6 is 11.3 Å². The molecule has 1 aromatic carbocycles. The lowest BCUT2D eigenvalue weighted by atomic mass is 10.1. The van der Waals surface area contributed by atoms with Gasteiger partial charge in [-0.1, -0.05) is 0 Å². The van der Waals surface area contributed by atoms with Gasteiger partial charge in [0.25, 0.3) is 0 Å². The highest BCUT2D eigenvalue weighted by Crippen LogP contribution is 2.33. The van der Waals surface area contributed by atoms with Crippen LogP contribution in [-0.2, 0) is 0 Å². The molecule has 2 aromatic rings. The highest BCUT2D eigenvalue weighted by Gasteiger charge is 2.05. The van der Waals surface area contributed by atoms with Gasteiger partial charge in [0.2, 0.25) is 5.13 Å².